The number of rotatable bonds is 8. The highest BCUT2D eigenvalue weighted by atomic mass is 16.6. The van der Waals surface area contributed by atoms with Crippen molar-refractivity contribution in [1.29, 1.82) is 0 Å². The Labute approximate surface area is 140 Å². The molecule has 128 valence electrons. The van der Waals surface area contributed by atoms with E-state index in [0.717, 1.165) is 25.7 Å². The predicted molar refractivity (Wildman–Crippen MR) is 93.2 cm³/mol. The molecule has 3 nitrogen and oxygen atoms in total. The van der Waals surface area contributed by atoms with Gasteiger partial charge in [-0.15, -0.1) is 0 Å². The number of unbranched alkanes of at least 4 members (excludes halogenated alkanes) is 3. The van der Waals surface area contributed by atoms with Crippen LogP contribution in [0.1, 0.15) is 64.7 Å². The summed E-state index contributed by atoms with van der Waals surface area (Å²) in [6, 6.07) is 0. The van der Waals surface area contributed by atoms with Gasteiger partial charge in [-0.05, 0) is 38.2 Å². The Balaban J connectivity index is 1.66. The van der Waals surface area contributed by atoms with E-state index in [2.05, 4.69) is 37.3 Å². The van der Waals surface area contributed by atoms with Gasteiger partial charge < -0.3 is 9.47 Å². The number of carbonyl (C=O) groups excluding carboxylic acids is 1. The Morgan fingerprint density at radius 1 is 1.22 bits per heavy atom. The minimum Gasteiger partial charge on any atom is -0.458 e. The molecule has 0 N–H and O–H groups in total. The molecule has 2 aliphatic heterocycles. The summed E-state index contributed by atoms with van der Waals surface area (Å²) in [4.78, 5) is 11.6. The molecule has 23 heavy (non-hydrogen) atoms. The standard InChI is InChI=1S/C20H30O3/c1-2-3-4-5-6-10-13-18-19(23-18)16-15-17-12-9-7-8-11-14-20(21)22-17/h6-7,9-10,15-19H,2-5,8,11-14H2,1H3/b9-7?,10-6?,16-15+/t17-,18-,19+/m0/s1. The van der Waals surface area contributed by atoms with Crippen molar-refractivity contribution < 1.29 is 14.3 Å². The molecule has 3 heteroatoms. The lowest BCUT2D eigenvalue weighted by Crippen LogP contribution is -2.15. The number of cyclic esters (lactones) is 1. The first-order chi connectivity index (χ1) is 11.3. The van der Waals surface area contributed by atoms with Crippen LogP contribution in [0.5, 0.6) is 0 Å². The molecular weight excluding hydrogens is 288 g/mol. The molecule has 2 aliphatic rings. The van der Waals surface area contributed by atoms with Gasteiger partial charge in [-0.2, -0.15) is 0 Å². The van der Waals surface area contributed by atoms with Gasteiger partial charge >= 0.3 is 5.97 Å². The fourth-order valence-electron chi connectivity index (χ4n) is 2.72. The van der Waals surface area contributed by atoms with Crippen molar-refractivity contribution in [3.05, 3.63) is 36.5 Å². The average Bonchev–Trinajstić information content (AvgIpc) is 3.27. The molecule has 2 rings (SSSR count). The van der Waals surface area contributed by atoms with Gasteiger partial charge in [-0.3, -0.25) is 4.79 Å². The summed E-state index contributed by atoms with van der Waals surface area (Å²) in [5.74, 6) is -0.0911. The minimum absolute atomic E-state index is 0.0911. The Kier molecular flexibility index (Phi) is 8.16. The average molecular weight is 318 g/mol. The van der Waals surface area contributed by atoms with Crippen molar-refractivity contribution in [3.8, 4) is 0 Å². The van der Waals surface area contributed by atoms with E-state index in [1.54, 1.807) is 0 Å². The van der Waals surface area contributed by atoms with Gasteiger partial charge in [0.25, 0.3) is 0 Å². The maximum atomic E-state index is 11.6. The first kappa shape index (κ1) is 18.0. The van der Waals surface area contributed by atoms with Crippen LogP contribution < -0.4 is 0 Å². The van der Waals surface area contributed by atoms with E-state index in [4.69, 9.17) is 9.47 Å². The van der Waals surface area contributed by atoms with Crippen LogP contribution in [0.2, 0.25) is 0 Å². The van der Waals surface area contributed by atoms with Gasteiger partial charge in [-0.1, -0.05) is 50.1 Å². The molecule has 0 spiro atoms. The fourth-order valence-corrected chi connectivity index (χ4v) is 2.72. The molecular formula is C20H30O3. The summed E-state index contributed by atoms with van der Waals surface area (Å²) < 4.78 is 11.1. The van der Waals surface area contributed by atoms with Crippen molar-refractivity contribution in [2.45, 2.75) is 83.0 Å². The molecule has 0 aromatic rings. The van der Waals surface area contributed by atoms with Crippen molar-refractivity contribution in [3.63, 3.8) is 0 Å². The van der Waals surface area contributed by atoms with E-state index in [9.17, 15) is 4.79 Å². The van der Waals surface area contributed by atoms with Crippen LogP contribution in [0.15, 0.2) is 36.5 Å². The van der Waals surface area contributed by atoms with E-state index in [1.165, 1.54) is 25.7 Å². The van der Waals surface area contributed by atoms with Crippen LogP contribution in [0.4, 0.5) is 0 Å². The third kappa shape index (κ3) is 7.65. The lowest BCUT2D eigenvalue weighted by atomic mass is 10.1. The van der Waals surface area contributed by atoms with E-state index in [1.807, 2.05) is 6.08 Å². The highest BCUT2D eigenvalue weighted by Gasteiger charge is 2.35. The number of allylic oxidation sites excluding steroid dienone is 2. The van der Waals surface area contributed by atoms with E-state index >= 15 is 0 Å². The van der Waals surface area contributed by atoms with Gasteiger partial charge in [-0.25, -0.2) is 0 Å². The molecule has 0 aromatic carbocycles. The third-order valence-corrected chi connectivity index (χ3v) is 4.22. The Bertz CT molecular complexity index is 436. The van der Waals surface area contributed by atoms with E-state index in [0.29, 0.717) is 12.5 Å². The van der Waals surface area contributed by atoms with Crippen LogP contribution in [0.3, 0.4) is 0 Å². The Morgan fingerprint density at radius 3 is 3.00 bits per heavy atom. The number of esters is 1. The first-order valence-corrected chi connectivity index (χ1v) is 9.13. The van der Waals surface area contributed by atoms with E-state index in [-0.39, 0.29) is 18.2 Å². The fraction of sp³-hybridized carbons (Fsp3) is 0.650. The van der Waals surface area contributed by atoms with Gasteiger partial charge in [0, 0.05) is 12.8 Å². The minimum atomic E-state index is -0.147. The maximum absolute atomic E-state index is 11.6. The van der Waals surface area contributed by atoms with Crippen LogP contribution in [0, 0.1) is 0 Å². The van der Waals surface area contributed by atoms with Gasteiger partial charge in [0.1, 0.15) is 12.2 Å². The second kappa shape index (κ2) is 10.4. The lowest BCUT2D eigenvalue weighted by Gasteiger charge is -2.11. The third-order valence-electron chi connectivity index (χ3n) is 4.22. The number of hydrogen-bond donors (Lipinski definition) is 0. The lowest BCUT2D eigenvalue weighted by molar-refractivity contribution is -0.146. The zero-order chi connectivity index (χ0) is 16.3. The van der Waals surface area contributed by atoms with Gasteiger partial charge in [0.05, 0.1) is 6.10 Å². The summed E-state index contributed by atoms with van der Waals surface area (Å²) in [6.07, 6.45) is 22.3. The summed E-state index contributed by atoms with van der Waals surface area (Å²) in [6.45, 7) is 2.23. The molecule has 1 saturated heterocycles. The Hall–Kier alpha value is -1.35. The topological polar surface area (TPSA) is 38.8 Å². The van der Waals surface area contributed by atoms with Crippen LogP contribution >= 0.6 is 0 Å². The zero-order valence-electron chi connectivity index (χ0n) is 14.3. The second-order valence-electron chi connectivity index (χ2n) is 6.35. The van der Waals surface area contributed by atoms with Crippen molar-refractivity contribution in [2.24, 2.45) is 0 Å². The number of ether oxygens (including phenoxy) is 2. The normalized spacial score (nSPS) is 28.6. The van der Waals surface area contributed by atoms with Crippen LogP contribution in [0.25, 0.3) is 0 Å². The van der Waals surface area contributed by atoms with Crippen molar-refractivity contribution in [1.82, 2.24) is 0 Å². The van der Waals surface area contributed by atoms with Crippen LogP contribution in [-0.4, -0.2) is 24.3 Å². The quantitative estimate of drug-likeness (QED) is 0.277. The Morgan fingerprint density at radius 2 is 2.13 bits per heavy atom. The number of hydrogen-bond acceptors (Lipinski definition) is 3. The molecule has 0 aliphatic carbocycles. The number of epoxide rings is 1. The monoisotopic (exact) mass is 318 g/mol. The SMILES string of the molecule is CCCCCC=CC[C@@H]1O[C@@H]1/C=C/[C@@H]1CC=CCCCC(=O)O1. The molecule has 0 amide bonds. The second-order valence-corrected chi connectivity index (χ2v) is 6.35. The molecule has 0 saturated carbocycles. The maximum Gasteiger partial charge on any atom is 0.306 e. The summed E-state index contributed by atoms with van der Waals surface area (Å²) >= 11 is 0. The molecule has 1 fully saturated rings. The summed E-state index contributed by atoms with van der Waals surface area (Å²) in [7, 11) is 0. The van der Waals surface area contributed by atoms with Gasteiger partial charge in [0.2, 0.25) is 0 Å². The summed E-state index contributed by atoms with van der Waals surface area (Å²) in [5.41, 5.74) is 0. The van der Waals surface area contributed by atoms with Gasteiger partial charge in [0.15, 0.2) is 0 Å². The molecule has 2 heterocycles. The van der Waals surface area contributed by atoms with Crippen LogP contribution in [-0.2, 0) is 14.3 Å². The largest absolute Gasteiger partial charge is 0.458 e. The van der Waals surface area contributed by atoms with Crippen molar-refractivity contribution in [2.75, 3.05) is 0 Å². The predicted octanol–water partition coefficient (Wildman–Crippen LogP) is 4.88. The highest BCUT2D eigenvalue weighted by molar-refractivity contribution is 5.69. The molecule has 0 aromatic heterocycles. The smallest absolute Gasteiger partial charge is 0.306 e. The zero-order valence-corrected chi connectivity index (χ0v) is 14.3. The molecule has 3 atom stereocenters. The van der Waals surface area contributed by atoms with Crippen molar-refractivity contribution >= 4 is 5.97 Å². The molecule has 0 bridgehead atoms. The van der Waals surface area contributed by atoms with E-state index < -0.39 is 0 Å². The number of carbonyl (C=O) groups is 1. The first-order valence-electron chi connectivity index (χ1n) is 9.13. The highest BCUT2D eigenvalue weighted by Crippen LogP contribution is 2.27. The summed E-state index contributed by atoms with van der Waals surface area (Å²) in [5, 5.41) is 0. The molecule has 0 unspecified atom stereocenters. The molecule has 0 radical (unpaired) electrons.